The molecule has 6 heteroatoms. The van der Waals surface area contributed by atoms with Crippen molar-refractivity contribution < 1.29 is 4.79 Å². The second kappa shape index (κ2) is 4.99. The number of amides is 1. The molecule has 0 atom stereocenters. The van der Waals surface area contributed by atoms with E-state index in [9.17, 15) is 4.79 Å². The topological polar surface area (TPSA) is 71.2 Å². The van der Waals surface area contributed by atoms with Crippen LogP contribution >= 0.6 is 11.3 Å². The molecule has 1 aromatic carbocycles. The Morgan fingerprint density at radius 1 is 1.37 bits per heavy atom. The summed E-state index contributed by atoms with van der Waals surface area (Å²) >= 11 is 1.46. The van der Waals surface area contributed by atoms with Crippen LogP contribution in [0.25, 0.3) is 0 Å². The van der Waals surface area contributed by atoms with Crippen molar-refractivity contribution in [2.45, 2.75) is 19.4 Å². The molecule has 0 unspecified atom stereocenters. The monoisotopic (exact) mass is 274 g/mol. The first-order chi connectivity index (χ1) is 9.28. The maximum atomic E-state index is 12.1. The van der Waals surface area contributed by atoms with Gasteiger partial charge in [-0.25, -0.2) is 10.8 Å². The minimum atomic E-state index is 0.161. The summed E-state index contributed by atoms with van der Waals surface area (Å²) in [7, 11) is 0. The summed E-state index contributed by atoms with van der Waals surface area (Å²) in [4.78, 5) is 19.1. The number of nitrogen functional groups attached to an aromatic ring is 1. The number of nitrogens with one attached hydrogen (secondary N) is 1. The van der Waals surface area contributed by atoms with Gasteiger partial charge in [0.15, 0.2) is 5.13 Å². The van der Waals surface area contributed by atoms with E-state index in [2.05, 4.69) is 16.5 Å². The molecule has 5 nitrogen and oxygen atoms in total. The van der Waals surface area contributed by atoms with Gasteiger partial charge in [-0.1, -0.05) is 29.5 Å². The lowest BCUT2D eigenvalue weighted by molar-refractivity contribution is -0.119. The Labute approximate surface area is 115 Å². The van der Waals surface area contributed by atoms with Crippen LogP contribution in [0.5, 0.6) is 0 Å². The maximum absolute atomic E-state index is 12.1. The molecule has 19 heavy (non-hydrogen) atoms. The third-order valence-corrected chi connectivity index (χ3v) is 4.10. The minimum absolute atomic E-state index is 0.161. The SMILES string of the molecule is NNc1ncc(CN2C(=O)CCc3ccccc32)s1. The minimum Gasteiger partial charge on any atom is -0.307 e. The number of rotatable bonds is 3. The molecule has 1 aromatic heterocycles. The Kier molecular flexibility index (Phi) is 3.18. The number of anilines is 2. The third kappa shape index (κ3) is 2.32. The molecule has 2 heterocycles. The van der Waals surface area contributed by atoms with Crippen molar-refractivity contribution in [3.8, 4) is 0 Å². The van der Waals surface area contributed by atoms with Crippen LogP contribution in [0.15, 0.2) is 30.5 Å². The fraction of sp³-hybridized carbons (Fsp3) is 0.231. The van der Waals surface area contributed by atoms with Crippen LogP contribution in [-0.4, -0.2) is 10.9 Å². The van der Waals surface area contributed by atoms with Gasteiger partial charge in [0.1, 0.15) is 0 Å². The summed E-state index contributed by atoms with van der Waals surface area (Å²) in [5.41, 5.74) is 4.75. The number of nitrogens with zero attached hydrogens (tertiary/aromatic N) is 2. The zero-order valence-electron chi connectivity index (χ0n) is 10.3. The van der Waals surface area contributed by atoms with Gasteiger partial charge in [0, 0.05) is 23.2 Å². The molecule has 1 aliphatic rings. The Bertz CT molecular complexity index is 610. The van der Waals surface area contributed by atoms with Gasteiger partial charge in [0.25, 0.3) is 0 Å². The molecule has 98 valence electrons. The van der Waals surface area contributed by atoms with E-state index in [1.807, 2.05) is 23.1 Å². The number of hydrogen-bond donors (Lipinski definition) is 2. The smallest absolute Gasteiger partial charge is 0.227 e. The lowest BCUT2D eigenvalue weighted by atomic mass is 10.0. The maximum Gasteiger partial charge on any atom is 0.227 e. The van der Waals surface area contributed by atoms with Crippen molar-refractivity contribution >= 4 is 28.1 Å². The molecule has 3 N–H and O–H groups in total. The van der Waals surface area contributed by atoms with E-state index in [1.54, 1.807) is 6.20 Å². The Morgan fingerprint density at radius 3 is 3.00 bits per heavy atom. The van der Waals surface area contributed by atoms with Crippen LogP contribution in [0.2, 0.25) is 0 Å². The van der Waals surface area contributed by atoms with Crippen molar-refractivity contribution in [3.05, 3.63) is 40.9 Å². The number of carbonyl (C=O) groups is 1. The first kappa shape index (κ1) is 12.1. The van der Waals surface area contributed by atoms with Gasteiger partial charge < -0.3 is 4.90 Å². The number of thiazole rings is 1. The van der Waals surface area contributed by atoms with Crippen molar-refractivity contribution in [1.29, 1.82) is 0 Å². The highest BCUT2D eigenvalue weighted by Crippen LogP contribution is 2.30. The van der Waals surface area contributed by atoms with Crippen molar-refractivity contribution in [2.24, 2.45) is 5.84 Å². The molecule has 0 fully saturated rings. The van der Waals surface area contributed by atoms with Crippen LogP contribution in [-0.2, 0) is 17.8 Å². The second-order valence-electron chi connectivity index (χ2n) is 4.38. The predicted molar refractivity (Wildman–Crippen MR) is 75.9 cm³/mol. The normalized spacial score (nSPS) is 14.4. The number of benzene rings is 1. The molecular formula is C13H14N4OS. The number of nitrogens with two attached hydrogens (primary N) is 1. The Morgan fingerprint density at radius 2 is 2.21 bits per heavy atom. The van der Waals surface area contributed by atoms with Gasteiger partial charge in [-0.05, 0) is 18.1 Å². The van der Waals surface area contributed by atoms with Crippen molar-refractivity contribution in [3.63, 3.8) is 0 Å². The molecular weight excluding hydrogens is 260 g/mol. The van der Waals surface area contributed by atoms with Crippen LogP contribution in [0.4, 0.5) is 10.8 Å². The van der Waals surface area contributed by atoms with E-state index in [0.717, 1.165) is 17.0 Å². The van der Waals surface area contributed by atoms with Gasteiger partial charge in [-0.15, -0.1) is 0 Å². The number of aryl methyl sites for hydroxylation is 1. The Hall–Kier alpha value is -1.92. The number of fused-ring (bicyclic) bond motifs is 1. The van der Waals surface area contributed by atoms with E-state index in [-0.39, 0.29) is 5.91 Å². The van der Waals surface area contributed by atoms with Gasteiger partial charge in [-0.3, -0.25) is 10.2 Å². The molecule has 0 radical (unpaired) electrons. The summed E-state index contributed by atoms with van der Waals surface area (Å²) in [6.07, 6.45) is 3.14. The molecule has 0 saturated heterocycles. The van der Waals surface area contributed by atoms with Crippen molar-refractivity contribution in [2.75, 3.05) is 10.3 Å². The molecule has 2 aromatic rings. The molecule has 0 bridgehead atoms. The lowest BCUT2D eigenvalue weighted by Gasteiger charge is -2.28. The number of hydrazine groups is 1. The lowest BCUT2D eigenvalue weighted by Crippen LogP contribution is -2.34. The molecule has 1 amide bonds. The average molecular weight is 274 g/mol. The first-order valence-corrected chi connectivity index (χ1v) is 6.89. The highest BCUT2D eigenvalue weighted by molar-refractivity contribution is 7.15. The summed E-state index contributed by atoms with van der Waals surface area (Å²) in [6, 6.07) is 8.05. The molecule has 0 saturated carbocycles. The van der Waals surface area contributed by atoms with Crippen LogP contribution in [0, 0.1) is 0 Å². The van der Waals surface area contributed by atoms with E-state index in [1.165, 1.54) is 16.9 Å². The van der Waals surface area contributed by atoms with E-state index < -0.39 is 0 Å². The standard InChI is InChI=1S/C13H14N4OS/c14-16-13-15-7-10(19-13)8-17-11-4-2-1-3-9(11)5-6-12(17)18/h1-4,7H,5-6,8,14H2,(H,15,16). The number of carbonyl (C=O) groups excluding carboxylic acids is 1. The summed E-state index contributed by atoms with van der Waals surface area (Å²) in [6.45, 7) is 0.551. The van der Waals surface area contributed by atoms with E-state index in [0.29, 0.717) is 18.1 Å². The number of para-hydroxylation sites is 1. The van der Waals surface area contributed by atoms with E-state index in [4.69, 9.17) is 5.84 Å². The van der Waals surface area contributed by atoms with Crippen molar-refractivity contribution in [1.82, 2.24) is 4.98 Å². The fourth-order valence-corrected chi connectivity index (χ4v) is 2.98. The zero-order chi connectivity index (χ0) is 13.2. The summed E-state index contributed by atoms with van der Waals surface area (Å²) < 4.78 is 0. The quantitative estimate of drug-likeness (QED) is 0.662. The first-order valence-electron chi connectivity index (χ1n) is 6.07. The van der Waals surface area contributed by atoms with Gasteiger partial charge >= 0.3 is 0 Å². The zero-order valence-corrected chi connectivity index (χ0v) is 11.1. The molecule has 1 aliphatic heterocycles. The Balaban J connectivity index is 1.89. The molecule has 0 spiro atoms. The van der Waals surface area contributed by atoms with Crippen LogP contribution in [0.3, 0.4) is 0 Å². The highest BCUT2D eigenvalue weighted by Gasteiger charge is 2.24. The van der Waals surface area contributed by atoms with Crippen LogP contribution in [0.1, 0.15) is 16.9 Å². The predicted octanol–water partition coefficient (Wildman–Crippen LogP) is 1.91. The highest BCUT2D eigenvalue weighted by atomic mass is 32.1. The molecule has 0 aliphatic carbocycles. The average Bonchev–Trinajstić information content (AvgIpc) is 2.90. The second-order valence-corrected chi connectivity index (χ2v) is 5.50. The van der Waals surface area contributed by atoms with Gasteiger partial charge in [-0.2, -0.15) is 0 Å². The number of aromatic nitrogens is 1. The largest absolute Gasteiger partial charge is 0.307 e. The van der Waals surface area contributed by atoms with E-state index >= 15 is 0 Å². The fourth-order valence-electron chi connectivity index (χ4n) is 2.27. The van der Waals surface area contributed by atoms with Gasteiger partial charge in [0.05, 0.1) is 6.54 Å². The summed E-state index contributed by atoms with van der Waals surface area (Å²) in [5, 5.41) is 0.660. The number of hydrogen-bond acceptors (Lipinski definition) is 5. The molecule has 3 rings (SSSR count). The van der Waals surface area contributed by atoms with Gasteiger partial charge in [0.2, 0.25) is 5.91 Å². The van der Waals surface area contributed by atoms with Crippen LogP contribution < -0.4 is 16.2 Å². The summed E-state index contributed by atoms with van der Waals surface area (Å²) in [5.74, 6) is 5.48. The third-order valence-electron chi connectivity index (χ3n) is 3.18.